The molecular weight excluding hydrogens is 382 g/mol. The molecule has 1 saturated heterocycles. The van der Waals surface area contributed by atoms with Gasteiger partial charge in [-0.1, -0.05) is 24.3 Å². The van der Waals surface area contributed by atoms with Crippen molar-refractivity contribution < 1.29 is 14.2 Å². The Morgan fingerprint density at radius 2 is 1.72 bits per heavy atom. The first-order valence-electron chi connectivity index (χ1n) is 10.4. The van der Waals surface area contributed by atoms with Gasteiger partial charge in [-0.25, -0.2) is 0 Å². The van der Waals surface area contributed by atoms with Crippen LogP contribution in [0.3, 0.4) is 0 Å². The van der Waals surface area contributed by atoms with Crippen molar-refractivity contribution in [3.8, 4) is 17.2 Å². The smallest absolute Gasteiger partial charge is 0.160 e. The molecule has 1 atom stereocenters. The third-order valence-corrected chi connectivity index (χ3v) is 6.34. The molecule has 29 heavy (non-hydrogen) atoms. The Morgan fingerprint density at radius 1 is 0.966 bits per heavy atom. The Balaban J connectivity index is 0.00000240. The molecule has 2 heterocycles. The topological polar surface area (TPSA) is 30.9 Å². The fraction of sp³-hybridized carbons (Fsp3) is 0.500. The molecule has 4 nitrogen and oxygen atoms in total. The van der Waals surface area contributed by atoms with E-state index in [4.69, 9.17) is 14.2 Å². The number of likely N-dealkylation sites (tertiary alicyclic amines) is 1. The number of ether oxygens (including phenoxy) is 3. The Kier molecular flexibility index (Phi) is 7.73. The Morgan fingerprint density at radius 3 is 2.48 bits per heavy atom. The minimum absolute atomic E-state index is 0. The lowest BCUT2D eigenvalue weighted by Gasteiger charge is -2.34. The van der Waals surface area contributed by atoms with E-state index in [0.29, 0.717) is 11.8 Å². The van der Waals surface area contributed by atoms with E-state index in [1.807, 2.05) is 6.07 Å². The molecule has 0 aromatic heterocycles. The van der Waals surface area contributed by atoms with Crippen LogP contribution in [-0.2, 0) is 0 Å². The minimum atomic E-state index is 0. The van der Waals surface area contributed by atoms with Crippen molar-refractivity contribution in [1.82, 2.24) is 4.90 Å². The fourth-order valence-electron chi connectivity index (χ4n) is 4.65. The van der Waals surface area contributed by atoms with Gasteiger partial charge in [0.05, 0.1) is 20.8 Å². The summed E-state index contributed by atoms with van der Waals surface area (Å²) in [6, 6.07) is 14.9. The van der Waals surface area contributed by atoms with E-state index in [2.05, 4.69) is 41.3 Å². The Hall–Kier alpha value is -1.85. The van der Waals surface area contributed by atoms with Crippen LogP contribution in [0.5, 0.6) is 17.2 Å². The van der Waals surface area contributed by atoms with Gasteiger partial charge in [0.2, 0.25) is 0 Å². The molecular formula is C24H33NO3S. The maximum Gasteiger partial charge on any atom is 0.160 e. The molecule has 2 aliphatic rings. The van der Waals surface area contributed by atoms with Crippen LogP contribution in [-0.4, -0.2) is 45.4 Å². The Bertz CT molecular complexity index is 789. The first-order valence-corrected chi connectivity index (χ1v) is 10.4. The van der Waals surface area contributed by atoms with Gasteiger partial charge in [0.1, 0.15) is 5.75 Å². The first kappa shape index (κ1) is 21.8. The van der Waals surface area contributed by atoms with Gasteiger partial charge in [0.15, 0.2) is 11.5 Å². The van der Waals surface area contributed by atoms with Gasteiger partial charge in [0, 0.05) is 0 Å². The van der Waals surface area contributed by atoms with Gasteiger partial charge in [-0.2, -0.15) is 13.5 Å². The summed E-state index contributed by atoms with van der Waals surface area (Å²) in [5.74, 6) is 3.97. The van der Waals surface area contributed by atoms with Crippen LogP contribution in [0.25, 0.3) is 0 Å². The maximum atomic E-state index is 5.81. The average Bonchev–Trinajstić information content (AvgIpc) is 2.77. The summed E-state index contributed by atoms with van der Waals surface area (Å²) in [6.45, 7) is 4.37. The monoisotopic (exact) mass is 415 g/mol. The summed E-state index contributed by atoms with van der Waals surface area (Å²) >= 11 is 0. The standard InChI is InChI=1S/C24H31NO3.H2S/c1-26-23-8-7-20(17-24(23)27-2)18-9-13-25(14-10-18)15-11-19-12-16-28-22-6-4-3-5-21(19)22;/h3-8,17-19H,9-16H2,1-2H3;1H2/t19-;/m0./s1. The van der Waals surface area contributed by atoms with Gasteiger partial charge >= 0.3 is 0 Å². The number of para-hydroxylation sites is 1. The molecule has 0 N–H and O–H groups in total. The molecule has 0 amide bonds. The zero-order valence-electron chi connectivity index (χ0n) is 17.5. The summed E-state index contributed by atoms with van der Waals surface area (Å²) in [5, 5.41) is 0. The third-order valence-electron chi connectivity index (χ3n) is 6.34. The number of hydrogen-bond donors (Lipinski definition) is 0. The number of fused-ring (bicyclic) bond motifs is 1. The van der Waals surface area contributed by atoms with Crippen molar-refractivity contribution in [1.29, 1.82) is 0 Å². The zero-order valence-corrected chi connectivity index (χ0v) is 18.5. The molecule has 2 aromatic carbocycles. The molecule has 5 heteroatoms. The molecule has 0 spiro atoms. The second kappa shape index (κ2) is 10.3. The SMILES string of the molecule is COc1ccc(C2CCN(CC[C@H]3CCOc4ccccc43)CC2)cc1OC.S. The van der Waals surface area contributed by atoms with E-state index >= 15 is 0 Å². The van der Waals surface area contributed by atoms with Crippen LogP contribution < -0.4 is 14.2 Å². The van der Waals surface area contributed by atoms with Crippen LogP contribution in [0, 0.1) is 0 Å². The molecule has 158 valence electrons. The van der Waals surface area contributed by atoms with Crippen LogP contribution in [0.4, 0.5) is 0 Å². The number of benzene rings is 2. The lowest BCUT2D eigenvalue weighted by molar-refractivity contribution is 0.194. The molecule has 0 aliphatic carbocycles. The number of methoxy groups -OCH3 is 2. The van der Waals surface area contributed by atoms with Crippen molar-refractivity contribution >= 4 is 13.5 Å². The van der Waals surface area contributed by atoms with Gasteiger partial charge in [0.25, 0.3) is 0 Å². The second-order valence-corrected chi connectivity index (χ2v) is 7.89. The van der Waals surface area contributed by atoms with Crippen LogP contribution in [0.15, 0.2) is 42.5 Å². The van der Waals surface area contributed by atoms with E-state index in [1.165, 1.54) is 50.0 Å². The van der Waals surface area contributed by atoms with E-state index in [1.54, 1.807) is 14.2 Å². The van der Waals surface area contributed by atoms with Crippen LogP contribution >= 0.6 is 13.5 Å². The summed E-state index contributed by atoms with van der Waals surface area (Å²) < 4.78 is 16.7. The van der Waals surface area contributed by atoms with Crippen molar-refractivity contribution in [3.05, 3.63) is 53.6 Å². The normalized spacial score (nSPS) is 19.6. The Labute approximate surface area is 181 Å². The van der Waals surface area contributed by atoms with E-state index in [-0.39, 0.29) is 13.5 Å². The maximum absolute atomic E-state index is 5.81. The second-order valence-electron chi connectivity index (χ2n) is 7.89. The van der Waals surface area contributed by atoms with Crippen molar-refractivity contribution in [3.63, 3.8) is 0 Å². The van der Waals surface area contributed by atoms with Crippen molar-refractivity contribution in [2.75, 3.05) is 40.5 Å². The highest BCUT2D eigenvalue weighted by Crippen LogP contribution is 2.37. The highest BCUT2D eigenvalue weighted by molar-refractivity contribution is 7.59. The van der Waals surface area contributed by atoms with Crippen LogP contribution in [0.2, 0.25) is 0 Å². The summed E-state index contributed by atoms with van der Waals surface area (Å²) in [6.07, 6.45) is 4.78. The van der Waals surface area contributed by atoms with Gasteiger partial charge in [-0.05, 0) is 86.5 Å². The zero-order chi connectivity index (χ0) is 19.3. The predicted octanol–water partition coefficient (Wildman–Crippen LogP) is 4.95. The minimum Gasteiger partial charge on any atom is -0.493 e. The third kappa shape index (κ3) is 5.01. The van der Waals surface area contributed by atoms with E-state index in [9.17, 15) is 0 Å². The molecule has 1 fully saturated rings. The van der Waals surface area contributed by atoms with E-state index in [0.717, 1.165) is 30.3 Å². The van der Waals surface area contributed by atoms with Crippen LogP contribution in [0.1, 0.15) is 48.6 Å². The number of hydrogen-bond acceptors (Lipinski definition) is 4. The quantitative estimate of drug-likeness (QED) is 0.668. The van der Waals surface area contributed by atoms with Crippen molar-refractivity contribution in [2.45, 2.75) is 37.5 Å². The molecule has 0 unspecified atom stereocenters. The van der Waals surface area contributed by atoms with Crippen molar-refractivity contribution in [2.24, 2.45) is 0 Å². The summed E-state index contributed by atoms with van der Waals surface area (Å²) in [7, 11) is 3.39. The average molecular weight is 416 g/mol. The van der Waals surface area contributed by atoms with E-state index < -0.39 is 0 Å². The molecule has 4 rings (SSSR count). The lowest BCUT2D eigenvalue weighted by atomic mass is 9.87. The molecule has 2 aromatic rings. The largest absolute Gasteiger partial charge is 0.493 e. The molecule has 0 radical (unpaired) electrons. The molecule has 0 bridgehead atoms. The van der Waals surface area contributed by atoms with Gasteiger partial charge in [-0.3, -0.25) is 0 Å². The number of piperidine rings is 1. The van der Waals surface area contributed by atoms with Gasteiger partial charge in [-0.15, -0.1) is 0 Å². The highest BCUT2D eigenvalue weighted by atomic mass is 32.1. The fourth-order valence-corrected chi connectivity index (χ4v) is 4.65. The molecule has 0 saturated carbocycles. The summed E-state index contributed by atoms with van der Waals surface area (Å²) in [4.78, 5) is 2.63. The first-order chi connectivity index (χ1) is 13.8. The number of nitrogens with zero attached hydrogens (tertiary/aromatic N) is 1. The van der Waals surface area contributed by atoms with Gasteiger partial charge < -0.3 is 19.1 Å². The highest BCUT2D eigenvalue weighted by Gasteiger charge is 2.25. The molecule has 2 aliphatic heterocycles. The predicted molar refractivity (Wildman–Crippen MR) is 122 cm³/mol. The summed E-state index contributed by atoms with van der Waals surface area (Å²) in [5.41, 5.74) is 2.77. The number of rotatable bonds is 6. The lowest BCUT2D eigenvalue weighted by Crippen LogP contribution is -2.34.